The number of nitrogens with zero attached hydrogens (tertiary/aromatic N) is 3. The normalized spacial score (nSPS) is 15.0. The fourth-order valence-electron chi connectivity index (χ4n) is 3.93. The Bertz CT molecular complexity index is 1460. The highest BCUT2D eigenvalue weighted by Gasteiger charge is 2.35. The quantitative estimate of drug-likeness (QED) is 0.491. The fourth-order valence-corrected chi connectivity index (χ4v) is 4.86. The van der Waals surface area contributed by atoms with E-state index in [9.17, 15) is 14.4 Å². The summed E-state index contributed by atoms with van der Waals surface area (Å²) in [4.78, 5) is 47.0. The molecule has 0 saturated heterocycles. The summed E-state index contributed by atoms with van der Waals surface area (Å²) >= 11 is 1.40. The number of rotatable bonds is 4. The van der Waals surface area contributed by atoms with Crippen molar-refractivity contribution in [2.45, 2.75) is 26.5 Å². The predicted molar refractivity (Wildman–Crippen MR) is 130 cm³/mol. The highest BCUT2D eigenvalue weighted by Crippen LogP contribution is 2.34. The number of carbonyl (C=O) groups is 2. The predicted octanol–water partition coefficient (Wildman–Crippen LogP) is 3.10. The molecule has 1 atom stereocenters. The minimum absolute atomic E-state index is 0.0275. The van der Waals surface area contributed by atoms with E-state index in [1.165, 1.54) is 26.8 Å². The first-order valence-corrected chi connectivity index (χ1v) is 11.6. The lowest BCUT2D eigenvalue weighted by Gasteiger charge is -2.34. The van der Waals surface area contributed by atoms with Gasteiger partial charge in [-0.25, -0.2) is 4.98 Å². The summed E-state index contributed by atoms with van der Waals surface area (Å²) in [5.41, 5.74) is 1.73. The molecule has 3 heterocycles. The molecule has 0 aliphatic carbocycles. The molecule has 0 bridgehead atoms. The van der Waals surface area contributed by atoms with Gasteiger partial charge in [0, 0.05) is 23.3 Å². The largest absolute Gasteiger partial charge is 0.477 e. The first kappa shape index (κ1) is 21.8. The van der Waals surface area contributed by atoms with Gasteiger partial charge in [0.2, 0.25) is 0 Å². The van der Waals surface area contributed by atoms with E-state index in [1.54, 1.807) is 24.3 Å². The van der Waals surface area contributed by atoms with Crippen LogP contribution in [0.25, 0.3) is 4.96 Å². The van der Waals surface area contributed by atoms with Gasteiger partial charge < -0.3 is 15.0 Å². The fraction of sp³-hybridized carbons (Fsp3) is 0.200. The van der Waals surface area contributed by atoms with E-state index in [4.69, 9.17) is 4.74 Å². The Morgan fingerprint density at radius 2 is 1.85 bits per heavy atom. The number of carbonyl (C=O) groups excluding carboxylic acids is 2. The number of aromatic nitrogens is 2. The van der Waals surface area contributed by atoms with Crippen LogP contribution >= 0.6 is 11.3 Å². The number of nitrogens with one attached hydrogen (secondary N) is 1. The van der Waals surface area contributed by atoms with E-state index in [-0.39, 0.29) is 18.0 Å². The van der Waals surface area contributed by atoms with Gasteiger partial charge in [-0.1, -0.05) is 42.5 Å². The van der Waals surface area contributed by atoms with Gasteiger partial charge in [-0.05, 0) is 31.5 Å². The maximum absolute atomic E-state index is 13.6. The first-order chi connectivity index (χ1) is 16.4. The van der Waals surface area contributed by atoms with Crippen molar-refractivity contribution in [1.82, 2.24) is 14.7 Å². The Labute approximate surface area is 199 Å². The SMILES string of the molecule is Cc1sc2ncc(C(=O)N3C[C@@H](C(=O)NCc4ccccc4)Oc4ccccc43)c(=O)n2c1C. The molecule has 0 radical (unpaired) electrons. The number of benzene rings is 2. The second kappa shape index (κ2) is 8.75. The van der Waals surface area contributed by atoms with Crippen LogP contribution in [0.3, 0.4) is 0 Å². The number of amides is 2. The average Bonchev–Trinajstić information content (AvgIpc) is 3.16. The van der Waals surface area contributed by atoms with E-state index in [2.05, 4.69) is 10.3 Å². The molecular weight excluding hydrogens is 452 g/mol. The highest BCUT2D eigenvalue weighted by atomic mass is 32.1. The Kier molecular flexibility index (Phi) is 5.62. The zero-order chi connectivity index (χ0) is 23.8. The smallest absolute Gasteiger partial charge is 0.271 e. The average molecular weight is 475 g/mol. The Morgan fingerprint density at radius 3 is 2.65 bits per heavy atom. The highest BCUT2D eigenvalue weighted by molar-refractivity contribution is 7.17. The maximum atomic E-state index is 13.6. The van der Waals surface area contributed by atoms with Crippen LogP contribution in [0.4, 0.5) is 5.69 Å². The van der Waals surface area contributed by atoms with Crippen molar-refractivity contribution < 1.29 is 14.3 Å². The van der Waals surface area contributed by atoms with Crippen LogP contribution < -0.4 is 20.5 Å². The molecule has 0 fully saturated rings. The van der Waals surface area contributed by atoms with Gasteiger partial charge in [0.1, 0.15) is 11.3 Å². The summed E-state index contributed by atoms with van der Waals surface area (Å²) in [6.45, 7) is 4.05. The monoisotopic (exact) mass is 474 g/mol. The minimum atomic E-state index is -0.924. The summed E-state index contributed by atoms with van der Waals surface area (Å²) in [6, 6.07) is 16.5. The number of fused-ring (bicyclic) bond motifs is 2. The van der Waals surface area contributed by atoms with Crippen LogP contribution in [-0.2, 0) is 11.3 Å². The van der Waals surface area contributed by atoms with Gasteiger partial charge in [-0.3, -0.25) is 18.8 Å². The van der Waals surface area contributed by atoms with Crippen LogP contribution in [0, 0.1) is 13.8 Å². The molecule has 2 aromatic carbocycles. The minimum Gasteiger partial charge on any atom is -0.477 e. The first-order valence-electron chi connectivity index (χ1n) is 10.8. The third kappa shape index (κ3) is 3.84. The zero-order valence-electron chi connectivity index (χ0n) is 18.6. The summed E-state index contributed by atoms with van der Waals surface area (Å²) in [6.07, 6.45) is 0.393. The van der Waals surface area contributed by atoms with E-state index < -0.39 is 17.6 Å². The molecule has 4 aromatic rings. The van der Waals surface area contributed by atoms with Crippen molar-refractivity contribution in [2.75, 3.05) is 11.4 Å². The van der Waals surface area contributed by atoms with Crippen molar-refractivity contribution in [2.24, 2.45) is 0 Å². The van der Waals surface area contributed by atoms with Crippen LogP contribution in [0.1, 0.15) is 26.5 Å². The number of para-hydroxylation sites is 2. The summed E-state index contributed by atoms with van der Waals surface area (Å²) in [7, 11) is 0. The van der Waals surface area contributed by atoms with Gasteiger partial charge in [-0.15, -0.1) is 11.3 Å². The van der Waals surface area contributed by atoms with E-state index in [0.717, 1.165) is 16.1 Å². The topological polar surface area (TPSA) is 93.0 Å². The lowest BCUT2D eigenvalue weighted by molar-refractivity contribution is -0.127. The lowest BCUT2D eigenvalue weighted by Crippen LogP contribution is -2.51. The summed E-state index contributed by atoms with van der Waals surface area (Å²) < 4.78 is 7.38. The second-order valence-electron chi connectivity index (χ2n) is 8.03. The third-order valence-corrected chi connectivity index (χ3v) is 6.94. The van der Waals surface area contributed by atoms with Gasteiger partial charge in [0.15, 0.2) is 11.1 Å². The molecule has 0 spiro atoms. The number of aryl methyl sites for hydroxylation is 2. The molecule has 1 N–H and O–H groups in total. The van der Waals surface area contributed by atoms with Gasteiger partial charge in [0.05, 0.1) is 12.2 Å². The van der Waals surface area contributed by atoms with Crippen LogP contribution in [0.2, 0.25) is 0 Å². The van der Waals surface area contributed by atoms with Crippen LogP contribution in [-0.4, -0.2) is 33.8 Å². The molecule has 9 heteroatoms. The molecule has 1 aliphatic heterocycles. The number of hydrogen-bond donors (Lipinski definition) is 1. The summed E-state index contributed by atoms with van der Waals surface area (Å²) in [5, 5.41) is 2.87. The van der Waals surface area contributed by atoms with Crippen molar-refractivity contribution in [3.05, 3.63) is 92.8 Å². The molecule has 0 unspecified atom stereocenters. The van der Waals surface area contributed by atoms with Crippen LogP contribution in [0.15, 0.2) is 65.6 Å². The lowest BCUT2D eigenvalue weighted by atomic mass is 10.1. The van der Waals surface area contributed by atoms with E-state index in [1.807, 2.05) is 44.2 Å². The summed E-state index contributed by atoms with van der Waals surface area (Å²) in [5.74, 6) is -0.462. The Morgan fingerprint density at radius 1 is 1.12 bits per heavy atom. The van der Waals surface area contributed by atoms with E-state index >= 15 is 0 Å². The van der Waals surface area contributed by atoms with Gasteiger partial charge in [0.25, 0.3) is 17.4 Å². The molecular formula is C25H22N4O4S. The maximum Gasteiger partial charge on any atom is 0.271 e. The van der Waals surface area contributed by atoms with Crippen molar-refractivity contribution in [1.29, 1.82) is 0 Å². The molecule has 8 nitrogen and oxygen atoms in total. The standard InChI is InChI=1S/C25H22N4O4S/c1-15-16(2)34-25-27-13-18(24(32)29(15)25)23(31)28-14-21(33-20-11-7-6-10-19(20)28)22(30)26-12-17-8-4-3-5-9-17/h3-11,13,21H,12,14H2,1-2H3,(H,26,30)/t21-/m0/s1. The molecule has 172 valence electrons. The van der Waals surface area contributed by atoms with Crippen molar-refractivity contribution in [3.63, 3.8) is 0 Å². The zero-order valence-corrected chi connectivity index (χ0v) is 19.5. The number of anilines is 1. The molecule has 1 aliphatic rings. The molecule has 0 saturated carbocycles. The second-order valence-corrected chi connectivity index (χ2v) is 9.21. The van der Waals surface area contributed by atoms with Crippen molar-refractivity contribution >= 4 is 33.8 Å². The van der Waals surface area contributed by atoms with Gasteiger partial charge >= 0.3 is 0 Å². The van der Waals surface area contributed by atoms with Crippen LogP contribution in [0.5, 0.6) is 5.75 Å². The molecule has 2 aromatic heterocycles. The Balaban J connectivity index is 1.45. The van der Waals surface area contributed by atoms with E-state index in [0.29, 0.717) is 22.9 Å². The van der Waals surface area contributed by atoms with Crippen molar-refractivity contribution in [3.8, 4) is 5.75 Å². The molecule has 34 heavy (non-hydrogen) atoms. The molecule has 2 amide bonds. The number of hydrogen-bond acceptors (Lipinski definition) is 6. The number of thiazole rings is 1. The third-order valence-electron chi connectivity index (χ3n) is 5.87. The molecule has 5 rings (SSSR count). The van der Waals surface area contributed by atoms with Gasteiger partial charge in [-0.2, -0.15) is 0 Å². The Hall–Kier alpha value is -3.98. The number of ether oxygens (including phenoxy) is 1.